The fourth-order valence-electron chi connectivity index (χ4n) is 3.42. The summed E-state index contributed by atoms with van der Waals surface area (Å²) in [5, 5.41) is 3.83. The van der Waals surface area contributed by atoms with Crippen molar-refractivity contribution in [3.63, 3.8) is 0 Å². The molecule has 0 saturated heterocycles. The number of fused-ring (bicyclic) bond motifs is 3. The van der Waals surface area contributed by atoms with Crippen LogP contribution in [0.15, 0.2) is 52.9 Å². The average molecular weight is 412 g/mol. The number of anilines is 1. The molecular formula is C21H21N3O2S2. The number of para-hydroxylation sites is 1. The Labute approximate surface area is 171 Å². The van der Waals surface area contributed by atoms with Crippen molar-refractivity contribution in [3.8, 4) is 0 Å². The summed E-state index contributed by atoms with van der Waals surface area (Å²) >= 11 is 2.92. The van der Waals surface area contributed by atoms with Crippen molar-refractivity contribution in [2.75, 3.05) is 5.32 Å². The minimum Gasteiger partial charge on any atom is -0.325 e. The standard InChI is InChI=1S/C21H21N3O2S2/c1-3-12-24-20(26)17-15-10-7-11-16(15)28-19(17)23-21(24)27-13(2)18(25)22-14-8-5-4-6-9-14/h3-6,8-9,13H,1,7,10-12H2,2H3,(H,22,25)/t13-/m0/s1. The molecule has 0 saturated carbocycles. The van der Waals surface area contributed by atoms with E-state index < -0.39 is 5.25 Å². The molecule has 4 rings (SSSR count). The number of carbonyl (C=O) groups is 1. The molecule has 144 valence electrons. The maximum absolute atomic E-state index is 13.2. The Hall–Kier alpha value is -2.38. The average Bonchev–Trinajstić information content (AvgIpc) is 3.26. The highest BCUT2D eigenvalue weighted by Crippen LogP contribution is 2.36. The van der Waals surface area contributed by atoms with E-state index in [4.69, 9.17) is 4.98 Å². The largest absolute Gasteiger partial charge is 0.325 e. The third kappa shape index (κ3) is 3.52. The van der Waals surface area contributed by atoms with Crippen molar-refractivity contribution in [2.45, 2.75) is 43.1 Å². The quantitative estimate of drug-likeness (QED) is 0.374. The van der Waals surface area contributed by atoms with Gasteiger partial charge < -0.3 is 5.32 Å². The van der Waals surface area contributed by atoms with Crippen LogP contribution in [0.3, 0.4) is 0 Å². The zero-order valence-electron chi connectivity index (χ0n) is 15.6. The van der Waals surface area contributed by atoms with E-state index in [1.165, 1.54) is 22.2 Å². The first-order valence-electron chi connectivity index (χ1n) is 9.27. The van der Waals surface area contributed by atoms with Gasteiger partial charge in [0.25, 0.3) is 5.56 Å². The lowest BCUT2D eigenvalue weighted by Gasteiger charge is -2.15. The van der Waals surface area contributed by atoms with E-state index in [-0.39, 0.29) is 11.5 Å². The van der Waals surface area contributed by atoms with Crippen molar-refractivity contribution in [1.82, 2.24) is 9.55 Å². The minimum absolute atomic E-state index is 0.0255. The summed E-state index contributed by atoms with van der Waals surface area (Å²) in [6, 6.07) is 9.35. The molecule has 1 aliphatic carbocycles. The number of aromatic nitrogens is 2. The van der Waals surface area contributed by atoms with Crippen LogP contribution < -0.4 is 10.9 Å². The van der Waals surface area contributed by atoms with E-state index in [9.17, 15) is 9.59 Å². The van der Waals surface area contributed by atoms with Crippen LogP contribution in [0.2, 0.25) is 0 Å². The number of hydrogen-bond acceptors (Lipinski definition) is 5. The van der Waals surface area contributed by atoms with Crippen molar-refractivity contribution in [2.24, 2.45) is 0 Å². The number of allylic oxidation sites excluding steroid dienone is 1. The fourth-order valence-corrected chi connectivity index (χ4v) is 5.64. The summed E-state index contributed by atoms with van der Waals surface area (Å²) in [5.74, 6) is -0.121. The predicted molar refractivity (Wildman–Crippen MR) is 116 cm³/mol. The number of hydrogen-bond donors (Lipinski definition) is 1. The van der Waals surface area contributed by atoms with Gasteiger partial charge in [-0.2, -0.15) is 0 Å². The Morgan fingerprint density at radius 3 is 2.93 bits per heavy atom. The first kappa shape index (κ1) is 19.0. The number of rotatable bonds is 6. The van der Waals surface area contributed by atoms with Gasteiger partial charge in [-0.25, -0.2) is 4.98 Å². The first-order valence-corrected chi connectivity index (χ1v) is 11.0. The predicted octanol–water partition coefficient (Wildman–Crippen LogP) is 4.25. The second-order valence-electron chi connectivity index (χ2n) is 6.75. The SMILES string of the molecule is C=CCn1c(S[C@@H](C)C(=O)Nc2ccccc2)nc2sc3c(c2c1=O)CCC3. The third-order valence-corrected chi connectivity index (χ3v) is 7.07. The molecule has 5 nitrogen and oxygen atoms in total. The summed E-state index contributed by atoms with van der Waals surface area (Å²) < 4.78 is 1.64. The molecule has 0 spiro atoms. The summed E-state index contributed by atoms with van der Waals surface area (Å²) in [4.78, 5) is 32.6. The summed E-state index contributed by atoms with van der Waals surface area (Å²) in [6.45, 7) is 5.98. The topological polar surface area (TPSA) is 64.0 Å². The monoisotopic (exact) mass is 411 g/mol. The van der Waals surface area contributed by atoms with Crippen LogP contribution in [-0.2, 0) is 24.2 Å². The van der Waals surface area contributed by atoms with E-state index in [1.54, 1.807) is 22.0 Å². The van der Waals surface area contributed by atoms with Crippen molar-refractivity contribution in [3.05, 3.63) is 63.8 Å². The second-order valence-corrected chi connectivity index (χ2v) is 9.14. The highest BCUT2D eigenvalue weighted by molar-refractivity contribution is 8.00. The number of aryl methyl sites for hydroxylation is 2. The van der Waals surface area contributed by atoms with E-state index >= 15 is 0 Å². The lowest BCUT2D eigenvalue weighted by molar-refractivity contribution is -0.115. The Morgan fingerprint density at radius 1 is 1.39 bits per heavy atom. The summed E-state index contributed by atoms with van der Waals surface area (Å²) in [6.07, 6.45) is 4.77. The number of benzene rings is 1. The van der Waals surface area contributed by atoms with E-state index in [0.29, 0.717) is 11.7 Å². The van der Waals surface area contributed by atoms with Gasteiger partial charge in [0, 0.05) is 17.1 Å². The van der Waals surface area contributed by atoms with Crippen LogP contribution in [0.25, 0.3) is 10.2 Å². The van der Waals surface area contributed by atoms with Crippen LogP contribution in [0.5, 0.6) is 0 Å². The van der Waals surface area contributed by atoms with Gasteiger partial charge in [-0.3, -0.25) is 14.2 Å². The van der Waals surface area contributed by atoms with Gasteiger partial charge in [0.15, 0.2) is 5.16 Å². The van der Waals surface area contributed by atoms with E-state index in [1.807, 2.05) is 37.3 Å². The number of nitrogens with zero attached hydrogens (tertiary/aromatic N) is 2. The Bertz CT molecular complexity index is 1100. The Kier molecular flexibility index (Phi) is 5.37. The lowest BCUT2D eigenvalue weighted by atomic mass is 10.2. The summed E-state index contributed by atoms with van der Waals surface area (Å²) in [7, 11) is 0. The van der Waals surface area contributed by atoms with Gasteiger partial charge in [0.05, 0.1) is 10.6 Å². The van der Waals surface area contributed by atoms with Gasteiger partial charge in [-0.1, -0.05) is 36.0 Å². The molecule has 2 aromatic heterocycles. The minimum atomic E-state index is -0.396. The molecule has 3 aromatic rings. The molecule has 0 radical (unpaired) electrons. The van der Waals surface area contributed by atoms with E-state index in [0.717, 1.165) is 35.2 Å². The zero-order valence-corrected chi connectivity index (χ0v) is 17.2. The molecular weight excluding hydrogens is 390 g/mol. The Balaban J connectivity index is 1.65. The number of thiophene rings is 1. The number of amides is 1. The highest BCUT2D eigenvalue weighted by Gasteiger charge is 2.24. The van der Waals surface area contributed by atoms with Crippen molar-refractivity contribution in [1.29, 1.82) is 0 Å². The van der Waals surface area contributed by atoms with Crippen LogP contribution in [0.1, 0.15) is 23.8 Å². The Morgan fingerprint density at radius 2 is 2.18 bits per heavy atom. The van der Waals surface area contributed by atoms with Gasteiger partial charge >= 0.3 is 0 Å². The molecule has 0 fully saturated rings. The van der Waals surface area contributed by atoms with Crippen molar-refractivity contribution >= 4 is 44.9 Å². The molecule has 0 aliphatic heterocycles. The number of nitrogens with one attached hydrogen (secondary N) is 1. The summed E-state index contributed by atoms with van der Waals surface area (Å²) in [5.41, 5.74) is 1.89. The zero-order chi connectivity index (χ0) is 19.7. The number of carbonyl (C=O) groups excluding carboxylic acids is 1. The molecule has 1 amide bonds. The highest BCUT2D eigenvalue weighted by atomic mass is 32.2. The van der Waals surface area contributed by atoms with Crippen molar-refractivity contribution < 1.29 is 4.79 Å². The molecule has 28 heavy (non-hydrogen) atoms. The first-order chi connectivity index (χ1) is 13.6. The third-order valence-electron chi connectivity index (χ3n) is 4.79. The van der Waals surface area contributed by atoms with Crippen LogP contribution in [-0.4, -0.2) is 20.7 Å². The smallest absolute Gasteiger partial charge is 0.263 e. The molecule has 2 heterocycles. The van der Waals surface area contributed by atoms with Gasteiger partial charge in [-0.15, -0.1) is 17.9 Å². The van der Waals surface area contributed by atoms with E-state index in [2.05, 4.69) is 11.9 Å². The normalized spacial score (nSPS) is 14.0. The molecule has 0 bridgehead atoms. The fraction of sp³-hybridized carbons (Fsp3) is 0.286. The number of thioether (sulfide) groups is 1. The van der Waals surface area contributed by atoms with Crippen LogP contribution >= 0.6 is 23.1 Å². The van der Waals surface area contributed by atoms with Crippen LogP contribution in [0, 0.1) is 0 Å². The molecule has 0 unspecified atom stereocenters. The lowest BCUT2D eigenvalue weighted by Crippen LogP contribution is -2.26. The molecule has 1 aromatic carbocycles. The van der Waals surface area contributed by atoms with Gasteiger partial charge in [0.2, 0.25) is 5.91 Å². The van der Waals surface area contributed by atoms with Gasteiger partial charge in [0.1, 0.15) is 4.83 Å². The maximum atomic E-state index is 13.2. The molecule has 1 aliphatic rings. The molecule has 1 N–H and O–H groups in total. The second kappa shape index (κ2) is 7.93. The van der Waals surface area contributed by atoms with Crippen LogP contribution in [0.4, 0.5) is 5.69 Å². The molecule has 7 heteroatoms. The maximum Gasteiger partial charge on any atom is 0.263 e. The molecule has 1 atom stereocenters. The van der Waals surface area contributed by atoms with Gasteiger partial charge in [-0.05, 0) is 43.9 Å².